The third-order valence-corrected chi connectivity index (χ3v) is 4.30. The van der Waals surface area contributed by atoms with Gasteiger partial charge in [0.25, 0.3) is 5.91 Å². The maximum Gasteiger partial charge on any atom is 0.416 e. The summed E-state index contributed by atoms with van der Waals surface area (Å²) in [5, 5.41) is 2.63. The number of methoxy groups -OCH3 is 1. The second-order valence-corrected chi connectivity index (χ2v) is 6.43. The summed E-state index contributed by atoms with van der Waals surface area (Å²) >= 11 is 0. The van der Waals surface area contributed by atoms with Gasteiger partial charge in [0.1, 0.15) is 5.75 Å². The van der Waals surface area contributed by atoms with Crippen LogP contribution in [0.3, 0.4) is 0 Å². The van der Waals surface area contributed by atoms with Crippen molar-refractivity contribution in [2.24, 2.45) is 0 Å². The van der Waals surface area contributed by atoms with Crippen molar-refractivity contribution in [3.05, 3.63) is 64.8 Å². The summed E-state index contributed by atoms with van der Waals surface area (Å²) < 4.78 is 83.1. The van der Waals surface area contributed by atoms with Gasteiger partial charge in [0.15, 0.2) is 0 Å². The molecule has 0 spiro atoms. The van der Waals surface area contributed by atoms with Crippen LogP contribution in [0.15, 0.2) is 42.5 Å². The monoisotopic (exact) mass is 428 g/mol. The lowest BCUT2D eigenvalue weighted by Gasteiger charge is -2.15. The first kappa shape index (κ1) is 21.4. The quantitative estimate of drug-likeness (QED) is 0.533. The van der Waals surface area contributed by atoms with Crippen molar-refractivity contribution in [2.75, 3.05) is 12.4 Å². The maximum absolute atomic E-state index is 13.0. The highest BCUT2D eigenvalue weighted by atomic mass is 19.4. The van der Waals surface area contributed by atoms with Crippen molar-refractivity contribution >= 4 is 22.5 Å². The third kappa shape index (κ3) is 4.47. The Morgan fingerprint density at radius 1 is 0.933 bits per heavy atom. The summed E-state index contributed by atoms with van der Waals surface area (Å²) in [5.74, 6) is -0.399. The molecule has 1 aromatic heterocycles. The zero-order chi connectivity index (χ0) is 22.3. The number of alkyl halides is 6. The van der Waals surface area contributed by atoms with Gasteiger partial charge in [-0.2, -0.15) is 26.3 Å². The number of aromatic nitrogens is 1. The summed E-state index contributed by atoms with van der Waals surface area (Å²) in [4.78, 5) is 16.9. The fraction of sp³-hybridized carbons (Fsp3) is 0.200. The van der Waals surface area contributed by atoms with E-state index in [9.17, 15) is 31.1 Å². The fourth-order valence-corrected chi connectivity index (χ4v) is 2.83. The Kier molecular flexibility index (Phi) is 5.36. The fourth-order valence-electron chi connectivity index (χ4n) is 2.83. The Balaban J connectivity index is 2.02. The number of carbonyl (C=O) groups excluding carboxylic acids is 1. The number of aryl methyl sites for hydroxylation is 1. The summed E-state index contributed by atoms with van der Waals surface area (Å²) in [7, 11) is 1.45. The largest absolute Gasteiger partial charge is 0.497 e. The molecule has 0 unspecified atom stereocenters. The number of nitrogens with one attached hydrogen (secondary N) is 1. The first-order valence-electron chi connectivity index (χ1n) is 8.45. The summed E-state index contributed by atoms with van der Waals surface area (Å²) in [6.45, 7) is 1.51. The van der Waals surface area contributed by atoms with E-state index in [4.69, 9.17) is 4.74 Å². The molecule has 0 aliphatic carbocycles. The molecule has 3 rings (SSSR count). The van der Waals surface area contributed by atoms with Gasteiger partial charge in [-0.1, -0.05) is 0 Å². The van der Waals surface area contributed by atoms with Crippen molar-refractivity contribution < 1.29 is 35.9 Å². The Labute approximate surface area is 166 Å². The molecule has 10 heteroatoms. The van der Waals surface area contributed by atoms with E-state index in [0.29, 0.717) is 28.8 Å². The van der Waals surface area contributed by atoms with Gasteiger partial charge >= 0.3 is 12.4 Å². The minimum atomic E-state index is -5.02. The molecule has 0 saturated carbocycles. The van der Waals surface area contributed by atoms with Crippen LogP contribution in [0.5, 0.6) is 5.75 Å². The SMILES string of the molecule is COc1ccc2nc(C)c(C(=O)Nc3cc(C(F)(F)F)cc(C(F)(F)F)c3)cc2c1. The molecule has 158 valence electrons. The first-order chi connectivity index (χ1) is 13.9. The minimum absolute atomic E-state index is 0.00160. The highest BCUT2D eigenvalue weighted by Crippen LogP contribution is 2.37. The van der Waals surface area contributed by atoms with Gasteiger partial charge in [-0.3, -0.25) is 9.78 Å². The predicted molar refractivity (Wildman–Crippen MR) is 97.4 cm³/mol. The molecule has 0 atom stereocenters. The molecular formula is C20H14F6N2O2. The van der Waals surface area contributed by atoms with Crippen molar-refractivity contribution in [3.8, 4) is 5.75 Å². The second kappa shape index (κ2) is 7.51. The highest BCUT2D eigenvalue weighted by molar-refractivity contribution is 6.07. The van der Waals surface area contributed by atoms with Crippen molar-refractivity contribution in [1.82, 2.24) is 4.98 Å². The number of fused-ring (bicyclic) bond motifs is 1. The van der Waals surface area contributed by atoms with E-state index in [1.165, 1.54) is 20.1 Å². The number of amides is 1. The van der Waals surface area contributed by atoms with Gasteiger partial charge in [0, 0.05) is 11.1 Å². The molecule has 1 amide bonds. The summed E-state index contributed by atoms with van der Waals surface area (Å²) in [5.41, 5.74) is -2.87. The highest BCUT2D eigenvalue weighted by Gasteiger charge is 2.37. The number of rotatable bonds is 3. The number of nitrogens with zero attached hydrogens (tertiary/aromatic N) is 1. The molecule has 0 bridgehead atoms. The number of hydrogen-bond acceptors (Lipinski definition) is 3. The number of anilines is 1. The molecule has 4 nitrogen and oxygen atoms in total. The van der Waals surface area contributed by atoms with Crippen LogP contribution in [-0.2, 0) is 12.4 Å². The molecule has 3 aromatic rings. The lowest BCUT2D eigenvalue weighted by Crippen LogP contribution is -2.17. The standard InChI is InChI=1S/C20H14F6N2O2/c1-10-16(6-11-5-15(30-2)3-4-17(11)27-10)18(29)28-14-8-12(19(21,22)23)7-13(9-14)20(24,25)26/h3-9H,1-2H3,(H,28,29). The number of halogens is 6. The number of ether oxygens (including phenoxy) is 1. The van der Waals surface area contributed by atoms with E-state index in [-0.39, 0.29) is 17.3 Å². The molecule has 0 aliphatic rings. The van der Waals surface area contributed by atoms with E-state index in [2.05, 4.69) is 10.3 Å². The molecule has 0 aliphatic heterocycles. The Bertz CT molecular complexity index is 1090. The average Bonchev–Trinajstić information content (AvgIpc) is 2.65. The van der Waals surface area contributed by atoms with Crippen molar-refractivity contribution in [2.45, 2.75) is 19.3 Å². The lowest BCUT2D eigenvalue weighted by atomic mass is 10.1. The summed E-state index contributed by atoms with van der Waals surface area (Å²) in [6.07, 6.45) is -10.0. The Hall–Kier alpha value is -3.30. The molecule has 0 radical (unpaired) electrons. The number of benzene rings is 2. The Morgan fingerprint density at radius 2 is 1.53 bits per heavy atom. The third-order valence-electron chi connectivity index (χ3n) is 4.30. The van der Waals surface area contributed by atoms with Gasteiger partial charge in [-0.15, -0.1) is 0 Å². The van der Waals surface area contributed by atoms with Gasteiger partial charge < -0.3 is 10.1 Å². The van der Waals surface area contributed by atoms with Crippen LogP contribution in [0.1, 0.15) is 27.2 Å². The van der Waals surface area contributed by atoms with Crippen LogP contribution in [0, 0.1) is 6.92 Å². The van der Waals surface area contributed by atoms with Gasteiger partial charge in [0.2, 0.25) is 0 Å². The van der Waals surface area contributed by atoms with Crippen molar-refractivity contribution in [3.63, 3.8) is 0 Å². The minimum Gasteiger partial charge on any atom is -0.497 e. The topological polar surface area (TPSA) is 51.2 Å². The smallest absolute Gasteiger partial charge is 0.416 e. The predicted octanol–water partition coefficient (Wildman–Crippen LogP) is 5.84. The first-order valence-corrected chi connectivity index (χ1v) is 8.45. The zero-order valence-electron chi connectivity index (χ0n) is 15.6. The van der Waals surface area contributed by atoms with E-state index in [1.807, 2.05) is 0 Å². The van der Waals surface area contributed by atoms with Crippen LogP contribution in [0.4, 0.5) is 32.0 Å². The second-order valence-electron chi connectivity index (χ2n) is 6.43. The van der Waals surface area contributed by atoms with E-state index in [1.54, 1.807) is 18.2 Å². The number of hydrogen-bond donors (Lipinski definition) is 1. The molecule has 30 heavy (non-hydrogen) atoms. The molecular weight excluding hydrogens is 414 g/mol. The lowest BCUT2D eigenvalue weighted by molar-refractivity contribution is -0.143. The van der Waals surface area contributed by atoms with E-state index < -0.39 is 35.1 Å². The van der Waals surface area contributed by atoms with Gasteiger partial charge in [-0.25, -0.2) is 0 Å². The van der Waals surface area contributed by atoms with Crippen LogP contribution in [-0.4, -0.2) is 18.0 Å². The molecule has 1 N–H and O–H groups in total. The molecule has 0 saturated heterocycles. The summed E-state index contributed by atoms with van der Waals surface area (Å²) in [6, 6.07) is 7.24. The number of pyridine rings is 1. The van der Waals surface area contributed by atoms with Gasteiger partial charge in [0.05, 0.1) is 35.0 Å². The van der Waals surface area contributed by atoms with Crippen LogP contribution in [0.25, 0.3) is 10.9 Å². The molecule has 2 aromatic carbocycles. The zero-order valence-corrected chi connectivity index (χ0v) is 15.6. The normalized spacial score (nSPS) is 12.1. The van der Waals surface area contributed by atoms with E-state index in [0.717, 1.165) is 0 Å². The van der Waals surface area contributed by atoms with Crippen LogP contribution >= 0.6 is 0 Å². The van der Waals surface area contributed by atoms with Gasteiger partial charge in [-0.05, 0) is 49.4 Å². The van der Waals surface area contributed by atoms with Crippen LogP contribution in [0.2, 0.25) is 0 Å². The number of carbonyl (C=O) groups is 1. The Morgan fingerprint density at radius 3 is 2.07 bits per heavy atom. The molecule has 0 fully saturated rings. The van der Waals surface area contributed by atoms with Crippen molar-refractivity contribution in [1.29, 1.82) is 0 Å². The van der Waals surface area contributed by atoms with Crippen LogP contribution < -0.4 is 10.1 Å². The van der Waals surface area contributed by atoms with E-state index >= 15 is 0 Å². The molecule has 1 heterocycles. The average molecular weight is 428 g/mol. The maximum atomic E-state index is 13.0.